The summed E-state index contributed by atoms with van der Waals surface area (Å²) >= 11 is 0. The van der Waals surface area contributed by atoms with Crippen LogP contribution < -0.4 is 22.9 Å². The van der Waals surface area contributed by atoms with Crippen LogP contribution in [0.2, 0.25) is 0 Å². The fourth-order valence-electron chi connectivity index (χ4n) is 7.24. The third kappa shape index (κ3) is 6.65. The van der Waals surface area contributed by atoms with Crippen LogP contribution >= 0.6 is 0 Å². The van der Waals surface area contributed by atoms with Gasteiger partial charge in [-0.1, -0.05) is 0 Å². The molecule has 0 aliphatic heterocycles. The molecule has 0 radical (unpaired) electrons. The monoisotopic (exact) mass is 1280 g/mol. The standard InChI is InChI=1S/C26H8F44N4O4/c27-5(28)1(75-23(63,64)15(47,71)11(39,40)19(51,52)53)6(29,30)3(77-25(67,68)17(49,73)13(43,44)21(57,58)59)8(33,34)2(5,76-24(65,66)16(48,72)12(41,42)20(54,55)56)9(35,36)4(7(1,31)32,10(3,37)38)78-26(69,70)18(50,74)14(45,46)22(60,61)62/h71-74H2. The van der Waals surface area contributed by atoms with E-state index in [0.29, 0.717) is 0 Å². The van der Waals surface area contributed by atoms with E-state index in [1.54, 1.807) is 0 Å². The van der Waals surface area contributed by atoms with Crippen molar-refractivity contribution in [1.29, 1.82) is 0 Å². The SMILES string of the molecule is NC(F)(C(F)(F)OC12C(F)(F)C3(OC(F)(F)C(N)(F)C(F)(F)C(F)(F)F)C(F)(F)C(OC(F)(F)C(N)(F)C(F)(F)C(F)(F)F)(C1(F)F)C(F)(F)C(OC(F)(F)C(N)(F)C(F)(F)C(F)(F)F)(C2(F)F)C3(F)F)C(F)(F)C(F)(F)F. The molecule has 4 atom stereocenters. The van der Waals surface area contributed by atoms with E-state index < -0.39 is 154 Å². The van der Waals surface area contributed by atoms with E-state index >= 15 is 87.8 Å². The summed E-state index contributed by atoms with van der Waals surface area (Å²) in [4.78, 5) is 0. The number of rotatable bonds is 16. The van der Waals surface area contributed by atoms with Crippen molar-refractivity contribution in [2.24, 2.45) is 22.9 Å². The van der Waals surface area contributed by atoms with E-state index in [-0.39, 0.29) is 0 Å². The summed E-state index contributed by atoms with van der Waals surface area (Å²) in [5.74, 6) is -138. The van der Waals surface area contributed by atoms with Crippen LogP contribution in [0.15, 0.2) is 0 Å². The van der Waals surface area contributed by atoms with Crippen molar-refractivity contribution in [2.45, 2.75) is 154 Å². The van der Waals surface area contributed by atoms with Gasteiger partial charge in [0, 0.05) is 0 Å². The fraction of sp³-hybridized carbons (Fsp3) is 1.00. The second-order valence-corrected chi connectivity index (χ2v) is 15.8. The number of ether oxygens (including phenoxy) is 4. The second kappa shape index (κ2) is 15.8. The average Bonchev–Trinajstić information content (AvgIpc) is 3.15. The molecule has 8 N–H and O–H groups in total. The van der Waals surface area contributed by atoms with Crippen LogP contribution in [0, 0.1) is 0 Å². The van der Waals surface area contributed by atoms with Gasteiger partial charge >= 0.3 is 132 Å². The Hall–Kier alpha value is -3.40. The quantitative estimate of drug-likeness (QED) is 0.0885. The number of alkyl halides is 44. The molecule has 8 nitrogen and oxygen atoms in total. The van der Waals surface area contributed by atoms with Gasteiger partial charge in [0.15, 0.2) is 0 Å². The van der Waals surface area contributed by atoms with Crippen molar-refractivity contribution >= 4 is 0 Å². The smallest absolute Gasteiger partial charge is 0.290 e. The van der Waals surface area contributed by atoms with Gasteiger partial charge in [0.2, 0.25) is 0 Å². The molecular formula is C26H8F44N4O4. The molecule has 464 valence electrons. The molecule has 0 spiro atoms. The van der Waals surface area contributed by atoms with Gasteiger partial charge in [-0.15, -0.1) is 0 Å². The van der Waals surface area contributed by atoms with Gasteiger partial charge < -0.3 is 0 Å². The van der Waals surface area contributed by atoms with Gasteiger partial charge in [-0.3, -0.25) is 41.9 Å². The lowest BCUT2D eigenvalue weighted by molar-refractivity contribution is -0.688. The molecule has 4 saturated carbocycles. The molecule has 0 heterocycles. The first-order valence-electron chi connectivity index (χ1n) is 17.1. The highest BCUT2D eigenvalue weighted by Gasteiger charge is 3.25. The van der Waals surface area contributed by atoms with E-state index in [9.17, 15) is 105 Å². The zero-order valence-corrected chi connectivity index (χ0v) is 33.6. The molecule has 4 bridgehead atoms. The molecule has 4 aliphatic carbocycles. The zero-order chi connectivity index (χ0) is 63.8. The number of hydrogen-bond donors (Lipinski definition) is 4. The highest BCUT2D eigenvalue weighted by atomic mass is 19.5. The Morgan fingerprint density at radius 3 is 0.359 bits per heavy atom. The first-order chi connectivity index (χ1) is 32.8. The minimum absolute atomic E-state index is 1.05. The Bertz CT molecular complexity index is 1940. The largest absolute Gasteiger partial charge is 0.458 e. The zero-order valence-electron chi connectivity index (χ0n) is 33.6. The maximum absolute atomic E-state index is 16.9. The summed E-state index contributed by atoms with van der Waals surface area (Å²) in [6.45, 7) is 0. The van der Waals surface area contributed by atoms with Crippen molar-refractivity contribution in [3.8, 4) is 0 Å². The third-order valence-corrected chi connectivity index (χ3v) is 11.4. The molecule has 52 heteroatoms. The van der Waals surface area contributed by atoms with E-state index in [1.165, 1.54) is 0 Å². The van der Waals surface area contributed by atoms with Crippen LogP contribution in [0.4, 0.5) is 193 Å². The predicted octanol–water partition coefficient (Wildman–Crippen LogP) is 10.5. The molecule has 78 heavy (non-hydrogen) atoms. The predicted molar refractivity (Wildman–Crippen MR) is 141 cm³/mol. The molecule has 0 amide bonds. The van der Waals surface area contributed by atoms with Crippen molar-refractivity contribution in [1.82, 2.24) is 0 Å². The van der Waals surface area contributed by atoms with E-state index in [2.05, 4.69) is 22.9 Å². The van der Waals surface area contributed by atoms with Gasteiger partial charge in [0.1, 0.15) is 0 Å². The topological polar surface area (TPSA) is 141 Å². The normalized spacial score (nSPS) is 32.0. The second-order valence-electron chi connectivity index (χ2n) is 15.8. The molecule has 4 aliphatic rings. The molecule has 0 aromatic heterocycles. The number of hydrogen-bond acceptors (Lipinski definition) is 8. The lowest BCUT2D eigenvalue weighted by atomic mass is 9.38. The van der Waals surface area contributed by atoms with Crippen molar-refractivity contribution in [3.63, 3.8) is 0 Å². The third-order valence-electron chi connectivity index (χ3n) is 11.4. The van der Waals surface area contributed by atoms with Crippen LogP contribution in [-0.4, -0.2) is 154 Å². The highest BCUT2D eigenvalue weighted by molar-refractivity contribution is 5.56. The van der Waals surface area contributed by atoms with Crippen LogP contribution in [0.1, 0.15) is 0 Å². The van der Waals surface area contributed by atoms with E-state index in [0.717, 1.165) is 18.9 Å². The summed E-state index contributed by atoms with van der Waals surface area (Å²) in [6.07, 6.45) is -74.6. The van der Waals surface area contributed by atoms with Crippen molar-refractivity contribution in [2.75, 3.05) is 0 Å². The van der Waals surface area contributed by atoms with Gasteiger partial charge in [-0.25, -0.2) is 17.6 Å². The Kier molecular flexibility index (Phi) is 14.0. The average molecular weight is 1280 g/mol. The van der Waals surface area contributed by atoms with Gasteiger partial charge in [-0.05, 0) is 0 Å². The molecule has 4 unspecified atom stereocenters. The maximum atomic E-state index is 16.9. The molecular weight excluding hydrogens is 1270 g/mol. The van der Waals surface area contributed by atoms with Crippen LogP contribution in [0.25, 0.3) is 0 Å². The number of halogens is 44. The van der Waals surface area contributed by atoms with Crippen molar-refractivity contribution in [3.05, 3.63) is 0 Å². The fourth-order valence-corrected chi connectivity index (χ4v) is 7.24. The molecule has 0 saturated heterocycles. The number of nitrogens with two attached hydrogens (primary N) is 4. The molecule has 0 aromatic carbocycles. The van der Waals surface area contributed by atoms with Gasteiger partial charge in [0.25, 0.3) is 22.4 Å². The van der Waals surface area contributed by atoms with Crippen molar-refractivity contribution < 1.29 is 212 Å². The van der Waals surface area contributed by atoms with Gasteiger partial charge in [-0.2, -0.15) is 176 Å². The Morgan fingerprint density at radius 2 is 0.282 bits per heavy atom. The molecule has 0 aromatic rings. The minimum atomic E-state index is -11.0. The Morgan fingerprint density at radius 1 is 0.192 bits per heavy atom. The van der Waals surface area contributed by atoms with Crippen LogP contribution in [0.3, 0.4) is 0 Å². The summed E-state index contributed by atoms with van der Waals surface area (Å²) in [5.41, 5.74) is -31.7. The van der Waals surface area contributed by atoms with Gasteiger partial charge in [0.05, 0.1) is 0 Å². The van der Waals surface area contributed by atoms with E-state index in [1.807, 2.05) is 0 Å². The first-order valence-corrected chi connectivity index (χ1v) is 17.1. The highest BCUT2D eigenvalue weighted by Crippen LogP contribution is 2.90. The summed E-state index contributed by atoms with van der Waals surface area (Å²) < 4.78 is 659. The summed E-state index contributed by atoms with van der Waals surface area (Å²) in [7, 11) is 0. The first kappa shape index (κ1) is 68.9. The minimum Gasteiger partial charge on any atom is -0.290 e. The van der Waals surface area contributed by atoms with Crippen LogP contribution in [0.5, 0.6) is 0 Å². The Balaban J connectivity index is 3.21. The lowest BCUT2D eigenvalue weighted by Crippen LogP contribution is -3.13. The Labute approximate surface area is 390 Å². The summed E-state index contributed by atoms with van der Waals surface area (Å²) in [5, 5.41) is 0. The van der Waals surface area contributed by atoms with Crippen LogP contribution in [-0.2, 0) is 18.9 Å². The lowest BCUT2D eigenvalue weighted by Gasteiger charge is -2.79. The molecule has 4 fully saturated rings. The summed E-state index contributed by atoms with van der Waals surface area (Å²) in [6, 6.07) is 0. The molecule has 4 rings (SSSR count). The van der Waals surface area contributed by atoms with E-state index in [4.69, 9.17) is 0 Å². The maximum Gasteiger partial charge on any atom is 0.458 e.